The van der Waals surface area contributed by atoms with E-state index in [9.17, 15) is 27.6 Å². The number of ether oxygens (including phenoxy) is 1. The van der Waals surface area contributed by atoms with Crippen molar-refractivity contribution >= 4 is 17.5 Å². The Balaban J connectivity index is 1.18. The Hall–Kier alpha value is -4.87. The molecule has 2 aromatic carbocycles. The molecular weight excluding hydrogens is 551 g/mol. The van der Waals surface area contributed by atoms with Gasteiger partial charge >= 0.3 is 12.1 Å². The van der Waals surface area contributed by atoms with Gasteiger partial charge in [-0.15, -0.1) is 18.3 Å². The van der Waals surface area contributed by atoms with Crippen LogP contribution in [0, 0.1) is 0 Å². The first kappa shape index (κ1) is 30.1. The first-order valence-corrected chi connectivity index (χ1v) is 13.2. The Morgan fingerprint density at radius 2 is 1.62 bits per heavy atom. The molecule has 0 saturated carbocycles. The third-order valence-corrected chi connectivity index (χ3v) is 6.12. The molecule has 0 aliphatic carbocycles. The van der Waals surface area contributed by atoms with Gasteiger partial charge < -0.3 is 10.1 Å². The third kappa shape index (κ3) is 9.95. The molecule has 0 unspecified atom stereocenters. The SMILES string of the molecule is O=C(Cc1ccccc1)Cc1ccn(CCCCc2ccc(NC(=O)Cc3cccc(OC(F)(F)F)c3)nn2)c(=O)n1. The van der Waals surface area contributed by atoms with Gasteiger partial charge in [-0.3, -0.25) is 14.2 Å². The van der Waals surface area contributed by atoms with E-state index >= 15 is 0 Å². The molecule has 4 aromatic rings. The topological polar surface area (TPSA) is 116 Å². The number of alkyl halides is 3. The van der Waals surface area contributed by atoms with Crippen molar-refractivity contribution < 1.29 is 27.5 Å². The van der Waals surface area contributed by atoms with Crippen LogP contribution in [0.4, 0.5) is 19.0 Å². The van der Waals surface area contributed by atoms with Crippen molar-refractivity contribution in [2.24, 2.45) is 0 Å². The van der Waals surface area contributed by atoms with E-state index in [4.69, 9.17) is 0 Å². The number of amides is 1. The first-order chi connectivity index (χ1) is 20.1. The molecule has 0 bridgehead atoms. The van der Waals surface area contributed by atoms with Gasteiger partial charge in [0, 0.05) is 25.6 Å². The maximum atomic E-state index is 12.4. The minimum Gasteiger partial charge on any atom is -0.406 e. The predicted octanol–water partition coefficient (Wildman–Crippen LogP) is 4.49. The van der Waals surface area contributed by atoms with Gasteiger partial charge in [0.15, 0.2) is 5.82 Å². The second-order valence-corrected chi connectivity index (χ2v) is 9.56. The highest BCUT2D eigenvalue weighted by Crippen LogP contribution is 2.23. The number of halogens is 3. The van der Waals surface area contributed by atoms with E-state index in [1.54, 1.807) is 24.4 Å². The van der Waals surface area contributed by atoms with E-state index in [1.807, 2.05) is 30.3 Å². The van der Waals surface area contributed by atoms with Crippen LogP contribution < -0.4 is 15.7 Å². The normalized spacial score (nSPS) is 11.2. The van der Waals surface area contributed by atoms with Crippen LogP contribution in [0.15, 0.2) is 83.8 Å². The van der Waals surface area contributed by atoms with Crippen LogP contribution in [0.1, 0.15) is 35.4 Å². The van der Waals surface area contributed by atoms with E-state index in [1.165, 1.54) is 16.7 Å². The number of nitrogens with one attached hydrogen (secondary N) is 1. The lowest BCUT2D eigenvalue weighted by Crippen LogP contribution is -2.24. The summed E-state index contributed by atoms with van der Waals surface area (Å²) < 4.78 is 42.6. The molecular formula is C30H28F3N5O4. The number of nitrogens with zero attached hydrogens (tertiary/aromatic N) is 4. The number of unbranched alkanes of at least 4 members (excludes halogenated alkanes) is 1. The van der Waals surface area contributed by atoms with Crippen molar-refractivity contribution in [1.82, 2.24) is 19.7 Å². The highest BCUT2D eigenvalue weighted by Gasteiger charge is 2.31. The standard InChI is InChI=1S/C30H28F3N5O4/c31-30(32,33)42-26-11-6-9-22(18-26)19-28(40)35-27-13-12-23(36-37-27)10-4-5-15-38-16-14-24(34-29(38)41)20-25(39)17-21-7-2-1-3-8-21/h1-3,6-9,11-14,16,18H,4-5,10,15,17,19-20H2,(H,35,37,40). The van der Waals surface area contributed by atoms with Crippen molar-refractivity contribution in [3.8, 4) is 5.75 Å². The van der Waals surface area contributed by atoms with Gasteiger partial charge in [0.2, 0.25) is 5.91 Å². The van der Waals surface area contributed by atoms with Crippen LogP contribution in [0.2, 0.25) is 0 Å². The summed E-state index contributed by atoms with van der Waals surface area (Å²) in [5, 5.41) is 10.7. The lowest BCUT2D eigenvalue weighted by molar-refractivity contribution is -0.274. The summed E-state index contributed by atoms with van der Waals surface area (Å²) in [6.07, 6.45) is -0.933. The monoisotopic (exact) mass is 579 g/mol. The van der Waals surface area contributed by atoms with E-state index in [2.05, 4.69) is 25.2 Å². The van der Waals surface area contributed by atoms with Gasteiger partial charge in [-0.05, 0) is 60.7 Å². The number of rotatable bonds is 13. The number of anilines is 1. The molecule has 0 atom stereocenters. The van der Waals surface area contributed by atoms with Crippen molar-refractivity contribution in [2.75, 3.05) is 5.32 Å². The number of ketones is 1. The van der Waals surface area contributed by atoms with Gasteiger partial charge in [0.1, 0.15) is 11.5 Å². The van der Waals surface area contributed by atoms with Crippen molar-refractivity contribution in [3.63, 3.8) is 0 Å². The number of benzene rings is 2. The molecule has 42 heavy (non-hydrogen) atoms. The first-order valence-electron chi connectivity index (χ1n) is 13.2. The quantitative estimate of drug-likeness (QED) is 0.232. The molecule has 0 aliphatic heterocycles. The second-order valence-electron chi connectivity index (χ2n) is 9.56. The van der Waals surface area contributed by atoms with Gasteiger partial charge in [-0.25, -0.2) is 4.79 Å². The summed E-state index contributed by atoms with van der Waals surface area (Å²) in [7, 11) is 0. The van der Waals surface area contributed by atoms with Gasteiger partial charge in [-0.1, -0.05) is 42.5 Å². The summed E-state index contributed by atoms with van der Waals surface area (Å²) >= 11 is 0. The average molecular weight is 580 g/mol. The maximum absolute atomic E-state index is 12.4. The molecule has 9 nitrogen and oxygen atoms in total. The van der Waals surface area contributed by atoms with Gasteiger partial charge in [0.25, 0.3) is 0 Å². The smallest absolute Gasteiger partial charge is 0.406 e. The molecule has 12 heteroatoms. The fourth-order valence-electron chi connectivity index (χ4n) is 4.19. The molecule has 1 amide bonds. The highest BCUT2D eigenvalue weighted by molar-refractivity contribution is 5.91. The molecule has 2 heterocycles. The number of carbonyl (C=O) groups excluding carboxylic acids is 2. The Morgan fingerprint density at radius 1 is 0.833 bits per heavy atom. The Labute approximate surface area is 239 Å². The van der Waals surface area contributed by atoms with Crippen LogP contribution in [-0.4, -0.2) is 37.8 Å². The highest BCUT2D eigenvalue weighted by atomic mass is 19.4. The zero-order valence-corrected chi connectivity index (χ0v) is 22.5. The lowest BCUT2D eigenvalue weighted by atomic mass is 10.1. The Kier molecular flexibility index (Phi) is 10.1. The molecule has 4 rings (SSSR count). The minimum atomic E-state index is -4.82. The molecule has 0 aliphatic rings. The summed E-state index contributed by atoms with van der Waals surface area (Å²) in [5.41, 5.74) is 2.01. The average Bonchev–Trinajstić information content (AvgIpc) is 2.92. The number of carbonyl (C=O) groups is 2. The summed E-state index contributed by atoms with van der Waals surface area (Å²) in [4.78, 5) is 41.0. The van der Waals surface area contributed by atoms with E-state index < -0.39 is 23.7 Å². The Bertz CT molecular complexity index is 1560. The van der Waals surface area contributed by atoms with Crippen LogP contribution in [0.3, 0.4) is 0 Å². The van der Waals surface area contributed by atoms with Crippen LogP contribution in [-0.2, 0) is 41.8 Å². The van der Waals surface area contributed by atoms with Crippen molar-refractivity contribution in [3.05, 3.63) is 112 Å². The number of aromatic nitrogens is 4. The molecule has 0 radical (unpaired) electrons. The number of Topliss-reactive ketones (excluding diaryl/α,β-unsaturated/α-hetero) is 1. The largest absolute Gasteiger partial charge is 0.573 e. The third-order valence-electron chi connectivity index (χ3n) is 6.12. The van der Waals surface area contributed by atoms with Gasteiger partial charge in [0.05, 0.1) is 17.8 Å². The minimum absolute atomic E-state index is 0.0118. The zero-order valence-electron chi connectivity index (χ0n) is 22.5. The van der Waals surface area contributed by atoms with Crippen LogP contribution in [0.25, 0.3) is 0 Å². The fourth-order valence-corrected chi connectivity index (χ4v) is 4.19. The number of hydrogen-bond donors (Lipinski definition) is 1. The number of hydrogen-bond acceptors (Lipinski definition) is 7. The summed E-state index contributed by atoms with van der Waals surface area (Å²) in [6, 6.07) is 19.6. The van der Waals surface area contributed by atoms with E-state index in [-0.39, 0.29) is 24.4 Å². The maximum Gasteiger partial charge on any atom is 0.573 e. The molecule has 0 spiro atoms. The second kappa shape index (κ2) is 14.2. The summed E-state index contributed by atoms with van der Waals surface area (Å²) in [6.45, 7) is 0.459. The molecule has 0 fully saturated rings. The van der Waals surface area contributed by atoms with E-state index in [0.29, 0.717) is 42.8 Å². The Morgan fingerprint density at radius 3 is 2.33 bits per heavy atom. The van der Waals surface area contributed by atoms with Gasteiger partial charge in [-0.2, -0.15) is 10.1 Å². The lowest BCUT2D eigenvalue weighted by Gasteiger charge is -2.10. The van der Waals surface area contributed by atoms with Crippen molar-refractivity contribution in [2.45, 2.75) is 51.4 Å². The summed E-state index contributed by atoms with van der Waals surface area (Å²) in [5.74, 6) is -0.665. The van der Waals surface area contributed by atoms with Crippen LogP contribution >= 0.6 is 0 Å². The molecule has 1 N–H and O–H groups in total. The molecule has 0 saturated heterocycles. The van der Waals surface area contributed by atoms with Crippen molar-refractivity contribution in [1.29, 1.82) is 0 Å². The fraction of sp³-hybridized carbons (Fsp3) is 0.267. The molecule has 2 aromatic heterocycles. The van der Waals surface area contributed by atoms with Crippen LogP contribution in [0.5, 0.6) is 5.75 Å². The number of aryl methyl sites for hydroxylation is 2. The van der Waals surface area contributed by atoms with E-state index in [0.717, 1.165) is 24.1 Å². The molecule has 218 valence electrons. The zero-order chi connectivity index (χ0) is 30.0. The predicted molar refractivity (Wildman–Crippen MR) is 148 cm³/mol.